The van der Waals surface area contributed by atoms with Gasteiger partial charge in [-0.1, -0.05) is 12.1 Å². The second-order valence-corrected chi connectivity index (χ2v) is 3.83. The minimum absolute atomic E-state index is 0.249. The van der Waals surface area contributed by atoms with Gasteiger partial charge in [0.25, 0.3) is 0 Å². The molecule has 0 atom stereocenters. The molecule has 1 aromatic carbocycles. The van der Waals surface area contributed by atoms with Crippen LogP contribution in [-0.4, -0.2) is 16.1 Å². The third-order valence-corrected chi connectivity index (χ3v) is 2.46. The number of hydrogen-bond donors (Lipinski definition) is 2. The van der Waals surface area contributed by atoms with Crippen molar-refractivity contribution in [1.29, 1.82) is 0 Å². The molecule has 2 rings (SSSR count). The summed E-state index contributed by atoms with van der Waals surface area (Å²) >= 11 is 0. The van der Waals surface area contributed by atoms with Gasteiger partial charge in [0.2, 0.25) is 0 Å². The maximum absolute atomic E-state index is 10.7. The smallest absolute Gasteiger partial charge is 0.335 e. The predicted molar refractivity (Wildman–Crippen MR) is 65.8 cm³/mol. The van der Waals surface area contributed by atoms with Gasteiger partial charge in [-0.2, -0.15) is 0 Å². The van der Waals surface area contributed by atoms with E-state index < -0.39 is 5.97 Å². The number of rotatable bonds is 2. The lowest BCUT2D eigenvalue weighted by molar-refractivity contribution is 0.0697. The van der Waals surface area contributed by atoms with Gasteiger partial charge in [-0.3, -0.25) is 4.98 Å². The summed E-state index contributed by atoms with van der Waals surface area (Å²) in [5.74, 6) is -0.943. The summed E-state index contributed by atoms with van der Waals surface area (Å²) in [7, 11) is 0. The minimum atomic E-state index is -0.943. The van der Waals surface area contributed by atoms with Gasteiger partial charge >= 0.3 is 5.97 Å². The molecule has 1 heterocycles. The van der Waals surface area contributed by atoms with Gasteiger partial charge in [-0.25, -0.2) is 4.79 Å². The van der Waals surface area contributed by atoms with Crippen LogP contribution in [0.15, 0.2) is 36.5 Å². The molecule has 0 unspecified atom stereocenters. The number of carboxylic acid groups (broad SMARTS) is 1. The molecule has 0 saturated heterocycles. The largest absolute Gasteiger partial charge is 0.478 e. The zero-order valence-electron chi connectivity index (χ0n) is 9.34. The molecule has 86 valence electrons. The summed E-state index contributed by atoms with van der Waals surface area (Å²) in [4.78, 5) is 15.0. The van der Waals surface area contributed by atoms with Crippen LogP contribution in [0.1, 0.15) is 15.9 Å². The molecule has 0 radical (unpaired) electrons. The third-order valence-electron chi connectivity index (χ3n) is 2.46. The van der Waals surface area contributed by atoms with Crippen molar-refractivity contribution in [2.75, 3.05) is 5.73 Å². The summed E-state index contributed by atoms with van der Waals surface area (Å²) in [5, 5.41) is 8.80. The number of nitrogens with two attached hydrogens (primary N) is 1. The van der Waals surface area contributed by atoms with Crippen molar-refractivity contribution in [3.63, 3.8) is 0 Å². The van der Waals surface area contributed by atoms with E-state index in [4.69, 9.17) is 10.8 Å². The molecule has 0 fully saturated rings. The van der Waals surface area contributed by atoms with Crippen LogP contribution in [0.25, 0.3) is 11.3 Å². The molecule has 0 aliphatic carbocycles. The average molecular weight is 228 g/mol. The number of carbonyl (C=O) groups is 1. The zero-order chi connectivity index (χ0) is 12.4. The topological polar surface area (TPSA) is 76.2 Å². The average Bonchev–Trinajstić information content (AvgIpc) is 2.29. The van der Waals surface area contributed by atoms with E-state index in [1.165, 1.54) is 0 Å². The minimum Gasteiger partial charge on any atom is -0.478 e. The first-order valence-electron chi connectivity index (χ1n) is 5.14. The molecular formula is C13H12N2O2. The summed E-state index contributed by atoms with van der Waals surface area (Å²) < 4.78 is 0. The third kappa shape index (κ3) is 2.25. The van der Waals surface area contributed by atoms with E-state index in [0.717, 1.165) is 11.1 Å². The number of nitrogen functional groups attached to an aromatic ring is 1. The number of anilines is 1. The van der Waals surface area contributed by atoms with Gasteiger partial charge in [0.15, 0.2) is 0 Å². The fourth-order valence-corrected chi connectivity index (χ4v) is 1.60. The first kappa shape index (κ1) is 11.1. The van der Waals surface area contributed by atoms with Crippen LogP contribution in [0.3, 0.4) is 0 Å². The number of aromatic carboxylic acids is 1. The van der Waals surface area contributed by atoms with Gasteiger partial charge in [0.1, 0.15) is 0 Å². The van der Waals surface area contributed by atoms with Crippen molar-refractivity contribution in [1.82, 2.24) is 4.98 Å². The van der Waals surface area contributed by atoms with E-state index in [9.17, 15) is 4.79 Å². The van der Waals surface area contributed by atoms with Crippen molar-refractivity contribution in [2.24, 2.45) is 0 Å². The summed E-state index contributed by atoms with van der Waals surface area (Å²) in [5.41, 5.74) is 9.19. The summed E-state index contributed by atoms with van der Waals surface area (Å²) in [6.07, 6.45) is 1.73. The molecule has 17 heavy (non-hydrogen) atoms. The van der Waals surface area contributed by atoms with Crippen molar-refractivity contribution in [3.05, 3.63) is 47.7 Å². The molecule has 4 heteroatoms. The maximum atomic E-state index is 10.7. The first-order valence-corrected chi connectivity index (χ1v) is 5.14. The van der Waals surface area contributed by atoms with Crippen LogP contribution in [0, 0.1) is 6.92 Å². The Bertz CT molecular complexity index is 562. The Balaban J connectivity index is 2.43. The van der Waals surface area contributed by atoms with Crippen LogP contribution in [0.5, 0.6) is 0 Å². The fraction of sp³-hybridized carbons (Fsp3) is 0.0769. The Hall–Kier alpha value is -2.36. The Morgan fingerprint density at radius 1 is 1.29 bits per heavy atom. The van der Waals surface area contributed by atoms with Crippen molar-refractivity contribution in [3.8, 4) is 11.3 Å². The molecule has 1 aromatic heterocycles. The molecule has 0 bridgehead atoms. The predicted octanol–water partition coefficient (Wildman–Crippen LogP) is 2.34. The highest BCUT2D eigenvalue weighted by Gasteiger charge is 2.06. The van der Waals surface area contributed by atoms with Crippen LogP contribution >= 0.6 is 0 Å². The number of nitrogens with zero attached hydrogens (tertiary/aromatic N) is 1. The molecule has 3 N–H and O–H groups in total. The lowest BCUT2D eigenvalue weighted by Gasteiger charge is -2.05. The monoisotopic (exact) mass is 228 g/mol. The van der Waals surface area contributed by atoms with Crippen LogP contribution in [0.2, 0.25) is 0 Å². The molecular weight excluding hydrogens is 216 g/mol. The Morgan fingerprint density at radius 3 is 2.47 bits per heavy atom. The van der Waals surface area contributed by atoms with Gasteiger partial charge in [0.05, 0.1) is 16.9 Å². The maximum Gasteiger partial charge on any atom is 0.335 e. The Kier molecular flexibility index (Phi) is 2.78. The molecule has 0 aliphatic heterocycles. The van der Waals surface area contributed by atoms with E-state index in [-0.39, 0.29) is 5.56 Å². The molecule has 0 spiro atoms. The second-order valence-electron chi connectivity index (χ2n) is 3.83. The second kappa shape index (κ2) is 4.25. The van der Waals surface area contributed by atoms with E-state index in [2.05, 4.69) is 4.98 Å². The fourth-order valence-electron chi connectivity index (χ4n) is 1.60. The SMILES string of the molecule is Cc1cnc(-c2ccc(C(=O)O)cc2)c(N)c1. The first-order chi connectivity index (χ1) is 8.08. The number of carboxylic acids is 1. The van der Waals surface area contributed by atoms with Crippen molar-refractivity contribution < 1.29 is 9.90 Å². The number of hydrogen-bond acceptors (Lipinski definition) is 3. The van der Waals surface area contributed by atoms with Crippen LogP contribution in [-0.2, 0) is 0 Å². The molecule has 0 aliphatic rings. The number of aryl methyl sites for hydroxylation is 1. The van der Waals surface area contributed by atoms with E-state index >= 15 is 0 Å². The Labute approximate surface area is 98.7 Å². The highest BCUT2D eigenvalue weighted by Crippen LogP contribution is 2.24. The highest BCUT2D eigenvalue weighted by molar-refractivity contribution is 5.88. The molecule has 0 saturated carbocycles. The van der Waals surface area contributed by atoms with Gasteiger partial charge in [0, 0.05) is 11.8 Å². The van der Waals surface area contributed by atoms with Crippen molar-refractivity contribution >= 4 is 11.7 Å². The van der Waals surface area contributed by atoms with E-state index in [0.29, 0.717) is 11.4 Å². The van der Waals surface area contributed by atoms with Gasteiger partial charge in [-0.05, 0) is 30.7 Å². The highest BCUT2D eigenvalue weighted by atomic mass is 16.4. The Morgan fingerprint density at radius 2 is 1.94 bits per heavy atom. The standard InChI is InChI=1S/C13H12N2O2/c1-8-6-11(14)12(15-7-8)9-2-4-10(5-3-9)13(16)17/h2-7H,14H2,1H3,(H,16,17). The van der Waals surface area contributed by atoms with Gasteiger partial charge < -0.3 is 10.8 Å². The molecule has 0 amide bonds. The van der Waals surface area contributed by atoms with Gasteiger partial charge in [-0.15, -0.1) is 0 Å². The number of benzene rings is 1. The van der Waals surface area contributed by atoms with Crippen LogP contribution in [0.4, 0.5) is 5.69 Å². The lowest BCUT2D eigenvalue weighted by atomic mass is 10.1. The summed E-state index contributed by atoms with van der Waals surface area (Å²) in [6, 6.07) is 8.33. The molecule has 2 aromatic rings. The number of aromatic nitrogens is 1. The van der Waals surface area contributed by atoms with E-state index in [1.54, 1.807) is 30.5 Å². The summed E-state index contributed by atoms with van der Waals surface area (Å²) in [6.45, 7) is 1.92. The number of pyridine rings is 1. The molecule has 4 nitrogen and oxygen atoms in total. The van der Waals surface area contributed by atoms with Crippen molar-refractivity contribution in [2.45, 2.75) is 6.92 Å². The lowest BCUT2D eigenvalue weighted by Crippen LogP contribution is -1.97. The quantitative estimate of drug-likeness (QED) is 0.827. The van der Waals surface area contributed by atoms with E-state index in [1.807, 2.05) is 13.0 Å². The zero-order valence-corrected chi connectivity index (χ0v) is 9.34. The van der Waals surface area contributed by atoms with Crippen LogP contribution < -0.4 is 5.73 Å². The normalized spacial score (nSPS) is 10.2.